The van der Waals surface area contributed by atoms with Gasteiger partial charge >= 0.3 is 12.1 Å². The van der Waals surface area contributed by atoms with Crippen LogP contribution in [0, 0.1) is 5.92 Å². The number of benzene rings is 2. The monoisotopic (exact) mass is 450 g/mol. The van der Waals surface area contributed by atoms with Crippen LogP contribution in [0.3, 0.4) is 0 Å². The Morgan fingerprint density at radius 3 is 2.27 bits per heavy atom. The highest BCUT2D eigenvalue weighted by molar-refractivity contribution is 5.86. The van der Waals surface area contributed by atoms with Crippen molar-refractivity contribution in [3.8, 4) is 11.1 Å². The molecule has 8 nitrogen and oxygen atoms in total. The highest BCUT2D eigenvalue weighted by atomic mass is 16.5. The van der Waals surface area contributed by atoms with Gasteiger partial charge in [-0.2, -0.15) is 0 Å². The molecule has 0 aliphatic heterocycles. The van der Waals surface area contributed by atoms with Crippen molar-refractivity contribution in [3.63, 3.8) is 0 Å². The zero-order valence-electron chi connectivity index (χ0n) is 18.2. The molecule has 0 aromatic heterocycles. The van der Waals surface area contributed by atoms with Crippen LogP contribution in [0.25, 0.3) is 11.1 Å². The summed E-state index contributed by atoms with van der Waals surface area (Å²) < 4.78 is 10.4. The Morgan fingerprint density at radius 2 is 1.67 bits per heavy atom. The lowest BCUT2D eigenvalue weighted by Crippen LogP contribution is -2.46. The maximum Gasteiger partial charge on any atom is 0.407 e. The van der Waals surface area contributed by atoms with Crippen LogP contribution in [0.5, 0.6) is 0 Å². The number of alkyl carbamates (subject to hydrolysis) is 1. The van der Waals surface area contributed by atoms with Crippen LogP contribution in [0.4, 0.5) is 4.79 Å². The molecule has 0 spiro atoms. The van der Waals surface area contributed by atoms with Gasteiger partial charge in [-0.25, -0.2) is 9.59 Å². The number of carbonyl (C=O) groups is 3. The minimum Gasteiger partial charge on any atom is -0.480 e. The molecular formula is C25H26N2O6. The molecule has 2 aliphatic carbocycles. The lowest BCUT2D eigenvalue weighted by Gasteiger charge is -2.18. The highest BCUT2D eigenvalue weighted by Gasteiger charge is 2.31. The lowest BCUT2D eigenvalue weighted by atomic mass is 9.98. The molecule has 4 rings (SSSR count). The summed E-state index contributed by atoms with van der Waals surface area (Å²) in [6.07, 6.45) is 3.15. The number of hydrogen-bond acceptors (Lipinski definition) is 5. The number of aliphatic carboxylic acids is 1. The molecule has 0 radical (unpaired) electrons. The smallest absolute Gasteiger partial charge is 0.407 e. The van der Waals surface area contributed by atoms with Gasteiger partial charge in [-0.15, -0.1) is 0 Å². The third kappa shape index (κ3) is 4.90. The molecule has 2 aliphatic rings. The summed E-state index contributed by atoms with van der Waals surface area (Å²) in [5, 5.41) is 14.4. The van der Waals surface area contributed by atoms with Crippen LogP contribution in [-0.2, 0) is 19.1 Å². The maximum atomic E-state index is 12.4. The van der Waals surface area contributed by atoms with E-state index in [0.29, 0.717) is 6.42 Å². The molecule has 2 amide bonds. The first-order chi connectivity index (χ1) is 16.0. The molecule has 2 aromatic rings. The van der Waals surface area contributed by atoms with Gasteiger partial charge in [0.1, 0.15) is 6.61 Å². The van der Waals surface area contributed by atoms with Crippen molar-refractivity contribution in [1.29, 1.82) is 0 Å². The summed E-state index contributed by atoms with van der Waals surface area (Å²) in [5.41, 5.74) is 4.58. The van der Waals surface area contributed by atoms with Gasteiger partial charge in [0.2, 0.25) is 5.91 Å². The number of carboxylic acid groups (broad SMARTS) is 1. The fourth-order valence-electron chi connectivity index (χ4n) is 4.41. The predicted molar refractivity (Wildman–Crippen MR) is 121 cm³/mol. The van der Waals surface area contributed by atoms with Gasteiger partial charge in [0.25, 0.3) is 0 Å². The average molecular weight is 450 g/mol. The van der Waals surface area contributed by atoms with Gasteiger partial charge in [0.05, 0.1) is 18.6 Å². The van der Waals surface area contributed by atoms with E-state index in [1.165, 1.54) is 7.11 Å². The van der Waals surface area contributed by atoms with Crippen molar-refractivity contribution >= 4 is 18.0 Å². The molecule has 0 saturated carbocycles. The molecule has 0 saturated heterocycles. The molecule has 0 heterocycles. The average Bonchev–Trinajstić information content (AvgIpc) is 3.40. The van der Waals surface area contributed by atoms with Gasteiger partial charge in [-0.05, 0) is 28.7 Å². The Labute approximate surface area is 191 Å². The number of carboxylic acids is 1. The Hall–Kier alpha value is -3.65. The summed E-state index contributed by atoms with van der Waals surface area (Å²) in [6.45, 7) is 0.0798. The van der Waals surface area contributed by atoms with E-state index >= 15 is 0 Å². The van der Waals surface area contributed by atoms with Crippen molar-refractivity contribution in [2.75, 3.05) is 20.3 Å². The fourth-order valence-corrected chi connectivity index (χ4v) is 4.41. The normalized spacial score (nSPS) is 19.4. The standard InChI is InChI=1S/C25H26N2O6/c1-32-14-22(24(29)30)27-23(28)15-10-11-16(12-15)26-25(31)33-13-21-19-8-4-2-6-17(19)18-7-3-5-9-20(18)21/h2-11,15-16,21-22H,12-14H2,1H3,(H,26,31)(H,27,28)(H,29,30)/t15?,16?,22-/m0/s1. The zero-order valence-corrected chi connectivity index (χ0v) is 18.2. The van der Waals surface area contributed by atoms with Gasteiger partial charge < -0.3 is 25.2 Å². The van der Waals surface area contributed by atoms with Crippen LogP contribution in [0.1, 0.15) is 23.5 Å². The largest absolute Gasteiger partial charge is 0.480 e. The van der Waals surface area contributed by atoms with E-state index in [-0.39, 0.29) is 25.2 Å². The van der Waals surface area contributed by atoms with E-state index in [0.717, 1.165) is 22.3 Å². The quantitative estimate of drug-likeness (QED) is 0.533. The second kappa shape index (κ2) is 9.87. The number of rotatable bonds is 8. The molecule has 3 atom stereocenters. The van der Waals surface area contributed by atoms with E-state index in [9.17, 15) is 14.4 Å². The molecule has 0 fully saturated rings. The van der Waals surface area contributed by atoms with E-state index < -0.39 is 29.9 Å². The zero-order chi connectivity index (χ0) is 23.4. The molecule has 0 bridgehead atoms. The Balaban J connectivity index is 1.30. The summed E-state index contributed by atoms with van der Waals surface area (Å²) in [5.74, 6) is -2.16. The summed E-state index contributed by atoms with van der Waals surface area (Å²) in [7, 11) is 1.37. The van der Waals surface area contributed by atoms with E-state index in [1.54, 1.807) is 12.2 Å². The summed E-state index contributed by atoms with van der Waals surface area (Å²) in [4.78, 5) is 36.0. The van der Waals surface area contributed by atoms with E-state index in [1.807, 2.05) is 24.3 Å². The van der Waals surface area contributed by atoms with Crippen LogP contribution < -0.4 is 10.6 Å². The first-order valence-corrected chi connectivity index (χ1v) is 10.8. The van der Waals surface area contributed by atoms with Crippen LogP contribution in [-0.4, -0.2) is 55.5 Å². The predicted octanol–water partition coefficient (Wildman–Crippen LogP) is 2.69. The highest BCUT2D eigenvalue weighted by Crippen LogP contribution is 2.44. The number of nitrogens with one attached hydrogen (secondary N) is 2. The van der Waals surface area contributed by atoms with E-state index in [2.05, 4.69) is 34.9 Å². The number of methoxy groups -OCH3 is 1. The third-order valence-corrected chi connectivity index (χ3v) is 6.02. The minimum atomic E-state index is -1.17. The molecule has 33 heavy (non-hydrogen) atoms. The summed E-state index contributed by atoms with van der Waals surface area (Å²) in [6, 6.07) is 14.7. The Morgan fingerprint density at radius 1 is 1.03 bits per heavy atom. The van der Waals surface area contributed by atoms with Crippen LogP contribution >= 0.6 is 0 Å². The molecule has 172 valence electrons. The number of fused-ring (bicyclic) bond motifs is 3. The van der Waals surface area contributed by atoms with E-state index in [4.69, 9.17) is 14.6 Å². The van der Waals surface area contributed by atoms with Crippen molar-refractivity contribution in [2.45, 2.75) is 24.4 Å². The van der Waals surface area contributed by atoms with Crippen molar-refractivity contribution in [1.82, 2.24) is 10.6 Å². The Bertz CT molecular complexity index is 1040. The molecular weight excluding hydrogens is 424 g/mol. The number of ether oxygens (including phenoxy) is 2. The van der Waals surface area contributed by atoms with Gasteiger partial charge in [0.15, 0.2) is 6.04 Å². The third-order valence-electron chi connectivity index (χ3n) is 6.02. The second-order valence-electron chi connectivity index (χ2n) is 8.16. The van der Waals surface area contributed by atoms with Crippen molar-refractivity contribution < 1.29 is 29.0 Å². The second-order valence-corrected chi connectivity index (χ2v) is 8.16. The van der Waals surface area contributed by atoms with Crippen molar-refractivity contribution in [2.24, 2.45) is 5.92 Å². The molecule has 2 aromatic carbocycles. The van der Waals surface area contributed by atoms with Gasteiger partial charge in [-0.1, -0.05) is 60.7 Å². The Kier molecular flexibility index (Phi) is 6.74. The SMILES string of the molecule is COC[C@H](NC(=O)C1C=CC(NC(=O)OCC2c3ccccc3-c3ccccc32)C1)C(=O)O. The number of amides is 2. The van der Waals surface area contributed by atoms with Crippen LogP contribution in [0.2, 0.25) is 0 Å². The molecule has 2 unspecified atom stereocenters. The maximum absolute atomic E-state index is 12.4. The molecule has 3 N–H and O–H groups in total. The van der Waals surface area contributed by atoms with Gasteiger partial charge in [-0.3, -0.25) is 4.79 Å². The van der Waals surface area contributed by atoms with Gasteiger partial charge in [0, 0.05) is 13.0 Å². The number of carbonyl (C=O) groups excluding carboxylic acids is 2. The first-order valence-electron chi connectivity index (χ1n) is 10.8. The minimum absolute atomic E-state index is 0.0328. The fraction of sp³-hybridized carbons (Fsp3) is 0.320. The van der Waals surface area contributed by atoms with Crippen molar-refractivity contribution in [3.05, 3.63) is 71.8 Å². The summed E-state index contributed by atoms with van der Waals surface area (Å²) >= 11 is 0. The topological polar surface area (TPSA) is 114 Å². The van der Waals surface area contributed by atoms with Crippen LogP contribution in [0.15, 0.2) is 60.7 Å². The number of hydrogen-bond donors (Lipinski definition) is 3. The lowest BCUT2D eigenvalue weighted by molar-refractivity contribution is -0.143. The molecule has 8 heteroatoms. The first kappa shape index (κ1) is 22.5.